The molecule has 0 aromatic carbocycles. The Kier molecular flexibility index (Phi) is 11.0. The molecule has 0 aliphatic heterocycles. The average molecular weight is 431 g/mol. The van der Waals surface area contributed by atoms with E-state index in [1.807, 2.05) is 0 Å². The van der Waals surface area contributed by atoms with Gasteiger partial charge in [0.1, 0.15) is 18.1 Å². The second-order valence-electron chi connectivity index (χ2n) is 7.08. The van der Waals surface area contributed by atoms with E-state index in [0.29, 0.717) is 0 Å². The fraction of sp³-hybridized carbons (Fsp3) is 0.647. The number of carbonyl (C=O) groups is 6. The minimum Gasteiger partial charge on any atom is -0.481 e. The van der Waals surface area contributed by atoms with E-state index in [4.69, 9.17) is 21.7 Å². The molecule has 0 aromatic heterocycles. The number of rotatable bonds is 13. The van der Waals surface area contributed by atoms with Gasteiger partial charge in [-0.2, -0.15) is 0 Å². The maximum Gasteiger partial charge on any atom is 0.326 e. The molecule has 170 valence electrons. The van der Waals surface area contributed by atoms with Gasteiger partial charge in [-0.1, -0.05) is 13.8 Å². The molecule has 0 saturated heterocycles. The summed E-state index contributed by atoms with van der Waals surface area (Å²) in [6.07, 6.45) is -1.23. The minimum absolute atomic E-state index is 0.150. The lowest BCUT2D eigenvalue weighted by molar-refractivity contribution is -0.147. The van der Waals surface area contributed by atoms with Gasteiger partial charge in [0.15, 0.2) is 0 Å². The molecule has 0 aliphatic carbocycles. The second kappa shape index (κ2) is 12.4. The van der Waals surface area contributed by atoms with Crippen LogP contribution in [-0.2, 0) is 28.8 Å². The lowest BCUT2D eigenvalue weighted by atomic mass is 10.0. The Balaban J connectivity index is 5.40. The number of aliphatic carboxylic acids is 2. The monoisotopic (exact) mass is 431 g/mol. The molecule has 4 amide bonds. The Labute approximate surface area is 172 Å². The summed E-state index contributed by atoms with van der Waals surface area (Å²) in [4.78, 5) is 69.9. The summed E-state index contributed by atoms with van der Waals surface area (Å²) in [6.45, 7) is 4.52. The first-order valence-electron chi connectivity index (χ1n) is 9.15. The first-order valence-corrected chi connectivity index (χ1v) is 9.15. The van der Waals surface area contributed by atoms with Crippen molar-refractivity contribution >= 4 is 35.6 Å². The molecule has 0 saturated carbocycles. The number of hydrogen-bond acceptors (Lipinski definition) is 7. The highest BCUT2D eigenvalue weighted by atomic mass is 16.4. The Morgan fingerprint density at radius 2 is 1.37 bits per heavy atom. The largest absolute Gasteiger partial charge is 0.481 e. The zero-order valence-corrected chi connectivity index (χ0v) is 17.0. The average Bonchev–Trinajstić information content (AvgIpc) is 2.60. The Morgan fingerprint density at radius 1 is 0.833 bits per heavy atom. The summed E-state index contributed by atoms with van der Waals surface area (Å²) < 4.78 is 0. The van der Waals surface area contributed by atoms with E-state index in [-0.39, 0.29) is 12.8 Å². The van der Waals surface area contributed by atoms with Crippen molar-refractivity contribution in [1.82, 2.24) is 16.0 Å². The highest BCUT2D eigenvalue weighted by Gasteiger charge is 2.32. The van der Waals surface area contributed by atoms with Crippen molar-refractivity contribution in [2.24, 2.45) is 17.4 Å². The second-order valence-corrected chi connectivity index (χ2v) is 7.08. The molecule has 0 aromatic rings. The van der Waals surface area contributed by atoms with Gasteiger partial charge in [0, 0.05) is 6.42 Å². The van der Waals surface area contributed by atoms with Crippen LogP contribution in [0.25, 0.3) is 0 Å². The van der Waals surface area contributed by atoms with E-state index in [0.717, 1.165) is 0 Å². The van der Waals surface area contributed by atoms with Crippen LogP contribution in [0.1, 0.15) is 40.0 Å². The number of carbonyl (C=O) groups excluding carboxylic acids is 4. The van der Waals surface area contributed by atoms with Crippen LogP contribution < -0.4 is 27.4 Å². The summed E-state index contributed by atoms with van der Waals surface area (Å²) >= 11 is 0. The van der Waals surface area contributed by atoms with E-state index < -0.39 is 72.1 Å². The van der Waals surface area contributed by atoms with Crippen molar-refractivity contribution in [2.75, 3.05) is 0 Å². The van der Waals surface area contributed by atoms with E-state index in [2.05, 4.69) is 16.0 Å². The summed E-state index contributed by atoms with van der Waals surface area (Å²) in [7, 11) is 0. The summed E-state index contributed by atoms with van der Waals surface area (Å²) in [5.41, 5.74) is 10.5. The highest BCUT2D eigenvalue weighted by Crippen LogP contribution is 2.06. The molecule has 0 spiro atoms. The lowest BCUT2D eigenvalue weighted by Gasteiger charge is -2.26. The molecule has 0 radical (unpaired) electrons. The van der Waals surface area contributed by atoms with Crippen LogP contribution in [0.5, 0.6) is 0 Å². The molecule has 0 heterocycles. The molecule has 4 unspecified atom stereocenters. The fourth-order valence-corrected chi connectivity index (χ4v) is 2.28. The molecule has 0 aliphatic rings. The van der Waals surface area contributed by atoms with Crippen LogP contribution in [0.15, 0.2) is 0 Å². The summed E-state index contributed by atoms with van der Waals surface area (Å²) in [6, 6.07) is -5.10. The third-order valence-corrected chi connectivity index (χ3v) is 3.97. The molecule has 0 bridgehead atoms. The Morgan fingerprint density at radius 3 is 1.77 bits per heavy atom. The van der Waals surface area contributed by atoms with Crippen LogP contribution in [-0.4, -0.2) is 69.9 Å². The topological polar surface area (TPSA) is 231 Å². The van der Waals surface area contributed by atoms with E-state index in [1.165, 1.54) is 6.92 Å². The fourth-order valence-electron chi connectivity index (χ4n) is 2.28. The summed E-state index contributed by atoms with van der Waals surface area (Å²) in [5.74, 6) is -6.62. The number of carboxylic acid groups (broad SMARTS) is 2. The van der Waals surface area contributed by atoms with Gasteiger partial charge in [-0.3, -0.25) is 24.0 Å². The van der Waals surface area contributed by atoms with Gasteiger partial charge in [0.05, 0.1) is 12.5 Å². The number of hydrogen-bond donors (Lipinski definition) is 7. The molecule has 0 fully saturated rings. The highest BCUT2D eigenvalue weighted by molar-refractivity contribution is 5.94. The van der Waals surface area contributed by atoms with Crippen molar-refractivity contribution in [3.63, 3.8) is 0 Å². The van der Waals surface area contributed by atoms with Gasteiger partial charge in [-0.05, 0) is 19.3 Å². The number of amides is 4. The van der Waals surface area contributed by atoms with E-state index >= 15 is 0 Å². The number of primary amides is 1. The molecular weight excluding hydrogens is 402 g/mol. The maximum atomic E-state index is 12.6. The van der Waals surface area contributed by atoms with Crippen LogP contribution >= 0.6 is 0 Å². The van der Waals surface area contributed by atoms with Crippen LogP contribution in [0.4, 0.5) is 0 Å². The maximum absolute atomic E-state index is 12.6. The van der Waals surface area contributed by atoms with E-state index in [1.54, 1.807) is 13.8 Å². The smallest absolute Gasteiger partial charge is 0.326 e. The number of carboxylic acids is 2. The molecule has 0 rings (SSSR count). The zero-order valence-electron chi connectivity index (χ0n) is 17.0. The molecule has 9 N–H and O–H groups in total. The lowest BCUT2D eigenvalue weighted by Crippen LogP contribution is -2.58. The first-order chi connectivity index (χ1) is 13.8. The molecule has 30 heavy (non-hydrogen) atoms. The standard InChI is InChI=1S/C17H29N5O8/c1-7(2)13(16(28)21-10(17(29)30)6-12(24)25)22-15(27)9(4-5-11(19)23)20-14(26)8(3)18/h7-10,13H,4-6,18H2,1-3H3,(H2,19,23)(H,20,26)(H,21,28)(H,22,27)(H,24,25)(H,29,30). The third-order valence-electron chi connectivity index (χ3n) is 3.97. The van der Waals surface area contributed by atoms with Gasteiger partial charge in [0.2, 0.25) is 23.6 Å². The predicted octanol–water partition coefficient (Wildman–Crippen LogP) is -2.73. The van der Waals surface area contributed by atoms with Crippen molar-refractivity contribution in [3.05, 3.63) is 0 Å². The minimum atomic E-state index is -1.70. The predicted molar refractivity (Wildman–Crippen MR) is 103 cm³/mol. The van der Waals surface area contributed by atoms with E-state index in [9.17, 15) is 28.8 Å². The third kappa shape index (κ3) is 9.82. The van der Waals surface area contributed by atoms with Crippen molar-refractivity contribution in [1.29, 1.82) is 0 Å². The van der Waals surface area contributed by atoms with Gasteiger partial charge >= 0.3 is 11.9 Å². The molecular formula is C17H29N5O8. The SMILES string of the molecule is CC(N)C(=O)NC(CCC(N)=O)C(=O)NC(C(=O)NC(CC(=O)O)C(=O)O)C(C)C. The Hall–Kier alpha value is -3.22. The summed E-state index contributed by atoms with van der Waals surface area (Å²) in [5, 5.41) is 24.6. The Bertz CT molecular complexity index is 679. The molecule has 4 atom stereocenters. The quantitative estimate of drug-likeness (QED) is 0.160. The zero-order chi connectivity index (χ0) is 23.6. The van der Waals surface area contributed by atoms with Crippen LogP contribution in [0.3, 0.4) is 0 Å². The molecule has 13 heteroatoms. The number of nitrogens with one attached hydrogen (secondary N) is 3. The van der Waals surface area contributed by atoms with Crippen molar-refractivity contribution in [3.8, 4) is 0 Å². The van der Waals surface area contributed by atoms with Gasteiger partial charge in [-0.15, -0.1) is 0 Å². The van der Waals surface area contributed by atoms with Gasteiger partial charge in [0.25, 0.3) is 0 Å². The number of nitrogens with two attached hydrogens (primary N) is 2. The van der Waals surface area contributed by atoms with Crippen molar-refractivity contribution < 1.29 is 39.0 Å². The van der Waals surface area contributed by atoms with Crippen molar-refractivity contribution in [2.45, 2.75) is 64.2 Å². The first kappa shape index (κ1) is 26.8. The van der Waals surface area contributed by atoms with Gasteiger partial charge in [-0.25, -0.2) is 4.79 Å². The van der Waals surface area contributed by atoms with Crippen LogP contribution in [0, 0.1) is 5.92 Å². The molecule has 13 nitrogen and oxygen atoms in total. The van der Waals surface area contributed by atoms with Gasteiger partial charge < -0.3 is 37.6 Å². The van der Waals surface area contributed by atoms with Crippen LogP contribution in [0.2, 0.25) is 0 Å². The normalized spacial score (nSPS) is 14.7.